The van der Waals surface area contributed by atoms with Crippen molar-refractivity contribution in [3.63, 3.8) is 0 Å². The molecule has 16 heteroatoms. The number of alkyl halides is 3. The summed E-state index contributed by atoms with van der Waals surface area (Å²) in [4.78, 5) is 33.0. The number of esters is 1. The van der Waals surface area contributed by atoms with Crippen LogP contribution < -0.4 is 19.5 Å². The van der Waals surface area contributed by atoms with Crippen LogP contribution in [0.1, 0.15) is 10.4 Å². The highest BCUT2D eigenvalue weighted by molar-refractivity contribution is 7.90. The van der Waals surface area contributed by atoms with E-state index in [0.717, 1.165) is 26.4 Å². The lowest BCUT2D eigenvalue weighted by Gasteiger charge is -2.12. The molecule has 2 aromatic rings. The second kappa shape index (κ2) is 8.76. The molecule has 0 saturated carbocycles. The SMILES string of the molecule is COC(=O)c1ccccc1S(=O)(=O)NC(=O)Nc1nc(OC)nc(OC(F)(F)F)n1. The number of aromatic nitrogens is 3. The Morgan fingerprint density at radius 2 is 1.67 bits per heavy atom. The van der Waals surface area contributed by atoms with Crippen molar-refractivity contribution in [1.82, 2.24) is 19.7 Å². The number of nitrogens with one attached hydrogen (secondary N) is 2. The maximum absolute atomic E-state index is 12.4. The molecule has 0 unspecified atom stereocenters. The van der Waals surface area contributed by atoms with Crippen LogP contribution in [-0.4, -0.2) is 56.0 Å². The van der Waals surface area contributed by atoms with Gasteiger partial charge in [0.1, 0.15) is 4.90 Å². The Morgan fingerprint density at radius 3 is 2.27 bits per heavy atom. The van der Waals surface area contributed by atoms with Crippen molar-refractivity contribution in [3.05, 3.63) is 29.8 Å². The highest BCUT2D eigenvalue weighted by Gasteiger charge is 2.33. The van der Waals surface area contributed by atoms with Crippen molar-refractivity contribution in [2.24, 2.45) is 0 Å². The normalized spacial score (nSPS) is 11.4. The van der Waals surface area contributed by atoms with Gasteiger partial charge in [-0.1, -0.05) is 12.1 Å². The summed E-state index contributed by atoms with van der Waals surface area (Å²) in [7, 11) is -2.55. The van der Waals surface area contributed by atoms with Crippen LogP contribution in [0.25, 0.3) is 0 Å². The molecule has 0 fully saturated rings. The summed E-state index contributed by atoms with van der Waals surface area (Å²) < 4.78 is 75.9. The van der Waals surface area contributed by atoms with Gasteiger partial charge in [-0.3, -0.25) is 5.32 Å². The van der Waals surface area contributed by atoms with E-state index < -0.39 is 51.3 Å². The number of hydrogen-bond acceptors (Lipinski definition) is 10. The Hall–Kier alpha value is -3.69. The van der Waals surface area contributed by atoms with E-state index in [4.69, 9.17) is 0 Å². The summed E-state index contributed by atoms with van der Waals surface area (Å²) >= 11 is 0. The van der Waals surface area contributed by atoms with Gasteiger partial charge in [-0.25, -0.2) is 22.7 Å². The molecule has 1 aromatic heterocycles. The van der Waals surface area contributed by atoms with Crippen molar-refractivity contribution >= 4 is 28.0 Å². The van der Waals surface area contributed by atoms with E-state index in [1.165, 1.54) is 12.1 Å². The van der Waals surface area contributed by atoms with Crippen LogP contribution in [0.15, 0.2) is 29.2 Å². The molecule has 30 heavy (non-hydrogen) atoms. The number of carbonyl (C=O) groups excluding carboxylic acids is 2. The average molecular weight is 451 g/mol. The molecule has 12 nitrogen and oxygen atoms in total. The number of urea groups is 1. The van der Waals surface area contributed by atoms with Gasteiger partial charge in [-0.15, -0.1) is 18.2 Å². The molecule has 2 N–H and O–H groups in total. The van der Waals surface area contributed by atoms with E-state index in [9.17, 15) is 31.2 Å². The molecule has 0 aliphatic heterocycles. The quantitative estimate of drug-likeness (QED) is 0.609. The number of methoxy groups -OCH3 is 2. The number of nitrogens with zero attached hydrogens (tertiary/aromatic N) is 3. The van der Waals surface area contributed by atoms with E-state index in [-0.39, 0.29) is 5.56 Å². The number of carbonyl (C=O) groups is 2. The largest absolute Gasteiger partial charge is 0.575 e. The van der Waals surface area contributed by atoms with Crippen LogP contribution in [0.5, 0.6) is 12.0 Å². The zero-order chi connectivity index (χ0) is 22.5. The minimum Gasteiger partial charge on any atom is -0.467 e. The molecular formula is C14H12F3N5O7S. The first-order valence-electron chi connectivity index (χ1n) is 7.52. The summed E-state index contributed by atoms with van der Waals surface area (Å²) in [6.45, 7) is 0. The van der Waals surface area contributed by atoms with Crippen molar-refractivity contribution in [2.45, 2.75) is 11.3 Å². The summed E-state index contributed by atoms with van der Waals surface area (Å²) in [5.41, 5.74) is -0.358. The molecule has 0 saturated heterocycles. The van der Waals surface area contributed by atoms with E-state index in [1.807, 2.05) is 0 Å². The Bertz CT molecular complexity index is 1060. The first-order chi connectivity index (χ1) is 13.9. The number of sulfonamides is 1. The van der Waals surface area contributed by atoms with E-state index in [2.05, 4.69) is 29.2 Å². The molecule has 0 radical (unpaired) electrons. The molecule has 0 aliphatic rings. The van der Waals surface area contributed by atoms with Gasteiger partial charge < -0.3 is 14.2 Å². The van der Waals surface area contributed by atoms with Gasteiger partial charge in [0.05, 0.1) is 19.8 Å². The first kappa shape index (κ1) is 22.6. The van der Waals surface area contributed by atoms with Gasteiger partial charge in [0.2, 0.25) is 5.95 Å². The summed E-state index contributed by atoms with van der Waals surface area (Å²) in [6.07, 6.45) is -5.15. The lowest BCUT2D eigenvalue weighted by molar-refractivity contribution is -0.277. The molecule has 2 amide bonds. The fourth-order valence-electron chi connectivity index (χ4n) is 1.92. The molecule has 0 aliphatic carbocycles. The molecule has 2 rings (SSSR count). The lowest BCUT2D eigenvalue weighted by atomic mass is 10.2. The number of halogens is 3. The molecule has 1 aromatic carbocycles. The zero-order valence-corrected chi connectivity index (χ0v) is 15.9. The average Bonchev–Trinajstić information content (AvgIpc) is 2.65. The lowest BCUT2D eigenvalue weighted by Crippen LogP contribution is -2.35. The van der Waals surface area contributed by atoms with Gasteiger partial charge in [-0.05, 0) is 12.1 Å². The third-order valence-corrected chi connectivity index (χ3v) is 4.41. The number of benzene rings is 1. The van der Waals surface area contributed by atoms with Gasteiger partial charge in [0.15, 0.2) is 0 Å². The fourth-order valence-corrected chi connectivity index (χ4v) is 3.02. The first-order valence-corrected chi connectivity index (χ1v) is 9.00. The van der Waals surface area contributed by atoms with Crippen LogP contribution in [0.2, 0.25) is 0 Å². The van der Waals surface area contributed by atoms with Crippen LogP contribution in [0.3, 0.4) is 0 Å². The standard InChI is InChI=1S/C14H12F3N5O7S/c1-27-9(23)7-5-3-4-6-8(7)30(25,26)22-11(24)18-10-19-12(28-2)21-13(20-10)29-14(15,16)17/h3-6H,1-2H3,(H2,18,19,20,21,22,24). The minimum atomic E-state index is -5.15. The van der Waals surface area contributed by atoms with Crippen molar-refractivity contribution < 1.29 is 45.4 Å². The van der Waals surface area contributed by atoms with Crippen molar-refractivity contribution in [3.8, 4) is 12.0 Å². The smallest absolute Gasteiger partial charge is 0.467 e. The Labute approximate surface area is 166 Å². The third kappa shape index (κ3) is 5.90. The second-order valence-electron chi connectivity index (χ2n) is 5.02. The van der Waals surface area contributed by atoms with Gasteiger partial charge in [0.25, 0.3) is 10.0 Å². The van der Waals surface area contributed by atoms with Crippen molar-refractivity contribution in [1.29, 1.82) is 0 Å². The maximum atomic E-state index is 12.4. The predicted octanol–water partition coefficient (Wildman–Crippen LogP) is 1.08. The van der Waals surface area contributed by atoms with Gasteiger partial charge in [-0.2, -0.15) is 9.97 Å². The summed E-state index contributed by atoms with van der Waals surface area (Å²) in [5.74, 6) is -1.79. The third-order valence-electron chi connectivity index (χ3n) is 3.02. The topological polar surface area (TPSA) is 159 Å². The summed E-state index contributed by atoms with van der Waals surface area (Å²) in [6, 6.07) is 1.46. The molecule has 0 spiro atoms. The molecule has 0 atom stereocenters. The number of amides is 2. The number of hydrogen-bond donors (Lipinski definition) is 2. The van der Waals surface area contributed by atoms with Crippen LogP contribution >= 0.6 is 0 Å². The predicted molar refractivity (Wildman–Crippen MR) is 90.2 cm³/mol. The number of anilines is 1. The highest BCUT2D eigenvalue weighted by Crippen LogP contribution is 2.22. The fraction of sp³-hybridized carbons (Fsp3) is 0.214. The van der Waals surface area contributed by atoms with E-state index >= 15 is 0 Å². The van der Waals surface area contributed by atoms with E-state index in [1.54, 1.807) is 10.0 Å². The van der Waals surface area contributed by atoms with Gasteiger partial charge in [0, 0.05) is 0 Å². The van der Waals surface area contributed by atoms with Crippen molar-refractivity contribution in [2.75, 3.05) is 19.5 Å². The summed E-state index contributed by atoms with van der Waals surface area (Å²) in [5, 5.41) is 1.80. The maximum Gasteiger partial charge on any atom is 0.575 e. The highest BCUT2D eigenvalue weighted by atomic mass is 32.2. The monoisotopic (exact) mass is 451 g/mol. The Morgan fingerprint density at radius 1 is 1.03 bits per heavy atom. The zero-order valence-electron chi connectivity index (χ0n) is 15.1. The second-order valence-corrected chi connectivity index (χ2v) is 6.67. The molecule has 1 heterocycles. The number of ether oxygens (including phenoxy) is 3. The van der Waals surface area contributed by atoms with E-state index in [0.29, 0.717) is 0 Å². The molecule has 162 valence electrons. The molecule has 0 bridgehead atoms. The number of rotatable bonds is 6. The molecular weight excluding hydrogens is 439 g/mol. The Balaban J connectivity index is 2.25. The minimum absolute atomic E-state index is 0.358. The Kier molecular flexibility index (Phi) is 6.60. The van der Waals surface area contributed by atoms with Crippen LogP contribution in [0, 0.1) is 0 Å². The van der Waals surface area contributed by atoms with Crippen LogP contribution in [-0.2, 0) is 14.8 Å². The van der Waals surface area contributed by atoms with Crippen LogP contribution in [0.4, 0.5) is 23.9 Å². The van der Waals surface area contributed by atoms with Gasteiger partial charge >= 0.3 is 30.4 Å².